The predicted molar refractivity (Wildman–Crippen MR) is 97.1 cm³/mol. The Labute approximate surface area is 142 Å². The minimum atomic E-state index is -0.0431. The molecule has 0 spiro atoms. The normalized spacial score (nSPS) is 27.2. The zero-order valence-corrected chi connectivity index (χ0v) is 15.6. The van der Waals surface area contributed by atoms with E-state index in [9.17, 15) is 0 Å². The number of nitrogens with one attached hydrogen (secondary N) is 2. The first-order valence-electron chi connectivity index (χ1n) is 9.36. The molecule has 0 aliphatic carbocycles. The lowest BCUT2D eigenvalue weighted by Crippen LogP contribution is -2.50. The molecule has 5 nitrogen and oxygen atoms in total. The zero-order chi connectivity index (χ0) is 16.8. The summed E-state index contributed by atoms with van der Waals surface area (Å²) in [4.78, 5) is 7.44. The molecule has 1 atom stereocenters. The number of aliphatic imine (C=N–C) groups is 1. The lowest BCUT2D eigenvalue weighted by Gasteiger charge is -2.40. The maximum absolute atomic E-state index is 5.86. The Morgan fingerprint density at radius 3 is 2.52 bits per heavy atom. The molecule has 0 bridgehead atoms. The summed E-state index contributed by atoms with van der Waals surface area (Å²) in [5.74, 6) is 0.911. The smallest absolute Gasteiger partial charge is 0.191 e. The first-order chi connectivity index (χ1) is 11.0. The lowest BCUT2D eigenvalue weighted by molar-refractivity contribution is 0.0242. The van der Waals surface area contributed by atoms with Gasteiger partial charge in [0.05, 0.1) is 12.1 Å². The second-order valence-corrected chi connectivity index (χ2v) is 7.81. The van der Waals surface area contributed by atoms with Crippen LogP contribution in [0.25, 0.3) is 0 Å². The molecule has 2 fully saturated rings. The first-order valence-corrected chi connectivity index (χ1v) is 9.36. The van der Waals surface area contributed by atoms with Crippen molar-refractivity contribution in [3.63, 3.8) is 0 Å². The van der Waals surface area contributed by atoms with Crippen molar-refractivity contribution in [1.29, 1.82) is 0 Å². The van der Waals surface area contributed by atoms with Crippen molar-refractivity contribution in [2.75, 3.05) is 39.3 Å². The van der Waals surface area contributed by atoms with Crippen molar-refractivity contribution >= 4 is 5.96 Å². The molecule has 2 rings (SSSR count). The van der Waals surface area contributed by atoms with Crippen molar-refractivity contribution in [2.24, 2.45) is 4.99 Å². The van der Waals surface area contributed by atoms with Gasteiger partial charge in [0.1, 0.15) is 0 Å². The van der Waals surface area contributed by atoms with Gasteiger partial charge in [0.2, 0.25) is 0 Å². The second-order valence-electron chi connectivity index (χ2n) is 7.81. The molecule has 23 heavy (non-hydrogen) atoms. The van der Waals surface area contributed by atoms with E-state index >= 15 is 0 Å². The van der Waals surface area contributed by atoms with Crippen LogP contribution in [0.3, 0.4) is 0 Å². The fourth-order valence-electron chi connectivity index (χ4n) is 3.46. The van der Waals surface area contributed by atoms with Crippen LogP contribution >= 0.6 is 0 Å². The van der Waals surface area contributed by atoms with Crippen LogP contribution in [0.1, 0.15) is 59.8 Å². The van der Waals surface area contributed by atoms with Crippen molar-refractivity contribution < 1.29 is 4.74 Å². The monoisotopic (exact) mass is 324 g/mol. The number of hydrogen-bond donors (Lipinski definition) is 2. The van der Waals surface area contributed by atoms with E-state index in [2.05, 4.69) is 43.2 Å². The van der Waals surface area contributed by atoms with Gasteiger partial charge in [-0.2, -0.15) is 0 Å². The molecule has 2 aliphatic rings. The Balaban J connectivity index is 1.88. The van der Waals surface area contributed by atoms with Crippen LogP contribution in [0.2, 0.25) is 0 Å². The summed E-state index contributed by atoms with van der Waals surface area (Å²) >= 11 is 0. The van der Waals surface area contributed by atoms with E-state index in [0.717, 1.165) is 45.0 Å². The van der Waals surface area contributed by atoms with Crippen LogP contribution in [0.4, 0.5) is 0 Å². The van der Waals surface area contributed by atoms with Crippen LogP contribution in [0, 0.1) is 0 Å². The number of guanidine groups is 1. The lowest BCUT2D eigenvalue weighted by atomic mass is 9.99. The molecule has 2 saturated heterocycles. The quantitative estimate of drug-likeness (QED) is 0.582. The molecule has 0 amide bonds. The summed E-state index contributed by atoms with van der Waals surface area (Å²) in [6, 6.07) is 0. The molecule has 5 heteroatoms. The van der Waals surface area contributed by atoms with Crippen LogP contribution in [-0.4, -0.2) is 61.3 Å². The minimum Gasteiger partial charge on any atom is -0.373 e. The van der Waals surface area contributed by atoms with E-state index in [1.54, 1.807) is 0 Å². The Hall–Kier alpha value is -0.810. The molecule has 0 saturated carbocycles. The van der Waals surface area contributed by atoms with Crippen LogP contribution in [-0.2, 0) is 4.74 Å². The van der Waals surface area contributed by atoms with E-state index in [4.69, 9.17) is 9.73 Å². The summed E-state index contributed by atoms with van der Waals surface area (Å²) in [5.41, 5.74) is 0.0785. The third kappa shape index (κ3) is 5.64. The molecule has 2 heterocycles. The molecule has 0 aromatic rings. The van der Waals surface area contributed by atoms with Crippen LogP contribution in [0.15, 0.2) is 4.99 Å². The van der Waals surface area contributed by atoms with Crippen LogP contribution < -0.4 is 10.6 Å². The Morgan fingerprint density at radius 2 is 1.91 bits per heavy atom. The third-order valence-corrected chi connectivity index (χ3v) is 5.11. The average Bonchev–Trinajstić information content (AvgIpc) is 2.98. The van der Waals surface area contributed by atoms with Gasteiger partial charge in [-0.1, -0.05) is 6.42 Å². The summed E-state index contributed by atoms with van der Waals surface area (Å²) < 4.78 is 5.86. The topological polar surface area (TPSA) is 48.9 Å². The molecule has 134 valence electrons. The summed E-state index contributed by atoms with van der Waals surface area (Å²) in [7, 11) is 0. The fourth-order valence-corrected chi connectivity index (χ4v) is 3.46. The highest BCUT2D eigenvalue weighted by Gasteiger charge is 2.30. The van der Waals surface area contributed by atoms with E-state index in [-0.39, 0.29) is 11.1 Å². The van der Waals surface area contributed by atoms with Gasteiger partial charge >= 0.3 is 0 Å². The third-order valence-electron chi connectivity index (χ3n) is 5.11. The number of nitrogens with zero attached hydrogens (tertiary/aromatic N) is 2. The van der Waals surface area contributed by atoms with Gasteiger partial charge in [0.25, 0.3) is 0 Å². The predicted octanol–water partition coefficient (Wildman–Crippen LogP) is 2.38. The number of piperidine rings is 1. The highest BCUT2D eigenvalue weighted by atomic mass is 16.5. The van der Waals surface area contributed by atoms with Gasteiger partial charge in [0.15, 0.2) is 5.96 Å². The average molecular weight is 325 g/mol. The van der Waals surface area contributed by atoms with E-state index in [0.29, 0.717) is 0 Å². The Bertz CT molecular complexity index is 382. The SMILES string of the molecule is CCNC(=NCC(C)(C)N1CCCCC1)NCC1(C)CCCO1. The molecular formula is C18H36N4O. The molecule has 0 radical (unpaired) electrons. The number of rotatable bonds is 6. The zero-order valence-electron chi connectivity index (χ0n) is 15.6. The van der Waals surface area contributed by atoms with E-state index < -0.39 is 0 Å². The minimum absolute atomic E-state index is 0.0431. The van der Waals surface area contributed by atoms with Gasteiger partial charge in [-0.25, -0.2) is 0 Å². The first kappa shape index (κ1) is 18.5. The summed E-state index contributed by atoms with van der Waals surface area (Å²) in [6.07, 6.45) is 6.30. The van der Waals surface area contributed by atoms with Crippen molar-refractivity contribution in [1.82, 2.24) is 15.5 Å². The summed E-state index contributed by atoms with van der Waals surface area (Å²) in [6.45, 7) is 14.7. The van der Waals surface area contributed by atoms with Crippen LogP contribution in [0.5, 0.6) is 0 Å². The van der Waals surface area contributed by atoms with Gasteiger partial charge in [-0.3, -0.25) is 9.89 Å². The van der Waals surface area contributed by atoms with Crippen molar-refractivity contribution in [3.8, 4) is 0 Å². The number of ether oxygens (including phenoxy) is 1. The Kier molecular flexibility index (Phi) is 6.72. The summed E-state index contributed by atoms with van der Waals surface area (Å²) in [5, 5.41) is 6.84. The largest absolute Gasteiger partial charge is 0.373 e. The number of hydrogen-bond acceptors (Lipinski definition) is 3. The molecule has 1 unspecified atom stereocenters. The maximum Gasteiger partial charge on any atom is 0.191 e. The van der Waals surface area contributed by atoms with Gasteiger partial charge in [-0.05, 0) is 66.5 Å². The molecular weight excluding hydrogens is 288 g/mol. The highest BCUT2D eigenvalue weighted by molar-refractivity contribution is 5.79. The highest BCUT2D eigenvalue weighted by Crippen LogP contribution is 2.24. The van der Waals surface area contributed by atoms with Crippen molar-refractivity contribution in [2.45, 2.75) is 70.9 Å². The molecule has 2 N–H and O–H groups in total. The van der Waals surface area contributed by atoms with E-state index in [1.807, 2.05) is 0 Å². The van der Waals surface area contributed by atoms with Gasteiger partial charge in [-0.15, -0.1) is 0 Å². The van der Waals surface area contributed by atoms with Gasteiger partial charge < -0.3 is 15.4 Å². The second kappa shape index (κ2) is 8.34. The van der Waals surface area contributed by atoms with Crippen molar-refractivity contribution in [3.05, 3.63) is 0 Å². The van der Waals surface area contributed by atoms with E-state index in [1.165, 1.54) is 32.4 Å². The standard InChI is InChI=1S/C18H36N4O/c1-5-19-16(21-15-18(4)10-9-13-23-18)20-14-17(2,3)22-11-7-6-8-12-22/h5-15H2,1-4H3,(H2,19,20,21). The molecule has 0 aromatic carbocycles. The Morgan fingerprint density at radius 1 is 1.17 bits per heavy atom. The number of likely N-dealkylation sites (tertiary alicyclic amines) is 1. The fraction of sp³-hybridized carbons (Fsp3) is 0.944. The maximum atomic E-state index is 5.86. The molecule has 0 aromatic heterocycles. The molecule has 2 aliphatic heterocycles. The van der Waals surface area contributed by atoms with Gasteiger partial charge in [0, 0.05) is 25.2 Å².